The molecule has 2 aromatic rings. The third-order valence-corrected chi connectivity index (χ3v) is 17.4. The fraction of sp³-hybridized carbons (Fsp3) is 0.685. The van der Waals surface area contributed by atoms with Gasteiger partial charge in [0.1, 0.15) is 47.0 Å². The minimum absolute atomic E-state index is 0.0149. The van der Waals surface area contributed by atoms with Gasteiger partial charge in [-0.05, 0) is 112 Å². The second-order valence-electron chi connectivity index (χ2n) is 22.4. The topological polar surface area (TPSA) is 228 Å². The highest BCUT2D eigenvalue weighted by Crippen LogP contribution is 2.36. The molecule has 0 radical (unpaired) electrons. The van der Waals surface area contributed by atoms with E-state index in [1.807, 2.05) is 32.6 Å². The standard InChI is InChI=1S/C54H78N10O8S/c1-31(2)27-38(51(69)61-21-9-15-40(61)46(55)65)57-48(67)42-17-11-23-63(42)53(71)43-18-12-24-64(43)52(70)39(28-32(3)4)58-47(66)41-16-10-22-62(41)50(68)34-19-25-60(26-20-34)54(72)44-45(33(5)6)73-49(59-44)37-29-35-13-7-8-14-36(35)30-56-37/h7-8,13-14,31-34,37-43,56H,9-12,15-30H2,1-6H3,(H2,55,65)(H,57,67)(H,58,66)/t37-,38-,39-,40-,41-,42-,43-/m0/s1. The summed E-state index contributed by atoms with van der Waals surface area (Å²) < 4.78 is 0. The first-order chi connectivity index (χ1) is 34.9. The van der Waals surface area contributed by atoms with Gasteiger partial charge in [-0.3, -0.25) is 38.4 Å². The van der Waals surface area contributed by atoms with Crippen molar-refractivity contribution < 1.29 is 38.4 Å². The average molecular weight is 1030 g/mol. The Kier molecular flexibility index (Phi) is 17.3. The molecule has 6 aliphatic rings. The molecule has 398 valence electrons. The lowest BCUT2D eigenvalue weighted by molar-refractivity contribution is -0.149. The van der Waals surface area contributed by atoms with E-state index in [1.165, 1.54) is 20.9 Å². The van der Waals surface area contributed by atoms with Crippen molar-refractivity contribution in [3.63, 3.8) is 0 Å². The van der Waals surface area contributed by atoms with Gasteiger partial charge in [0, 0.05) is 56.6 Å². The van der Waals surface area contributed by atoms with Crippen molar-refractivity contribution >= 4 is 58.6 Å². The lowest BCUT2D eigenvalue weighted by Gasteiger charge is -2.36. The zero-order valence-electron chi connectivity index (χ0n) is 43.7. The summed E-state index contributed by atoms with van der Waals surface area (Å²) in [4.78, 5) is 126. The number of nitrogens with one attached hydrogen (secondary N) is 3. The summed E-state index contributed by atoms with van der Waals surface area (Å²) in [7, 11) is 0. The maximum absolute atomic E-state index is 14.6. The Bertz CT molecular complexity index is 2400. The smallest absolute Gasteiger partial charge is 0.273 e. The molecule has 73 heavy (non-hydrogen) atoms. The molecular formula is C54H78N10O8S. The predicted molar refractivity (Wildman–Crippen MR) is 275 cm³/mol. The van der Waals surface area contributed by atoms with Gasteiger partial charge in [-0.15, -0.1) is 11.3 Å². The zero-order valence-corrected chi connectivity index (χ0v) is 44.6. The summed E-state index contributed by atoms with van der Waals surface area (Å²) in [5, 5.41) is 10.5. The molecule has 5 fully saturated rings. The molecule has 1 aromatic heterocycles. The lowest BCUT2D eigenvalue weighted by Crippen LogP contribution is -2.59. The summed E-state index contributed by atoms with van der Waals surface area (Å²) in [6, 6.07) is 3.46. The summed E-state index contributed by atoms with van der Waals surface area (Å²) in [5.41, 5.74) is 8.69. The number of amides is 8. The van der Waals surface area contributed by atoms with Crippen molar-refractivity contribution in [3.8, 4) is 0 Å². The van der Waals surface area contributed by atoms with Crippen molar-refractivity contribution in [2.75, 3.05) is 39.3 Å². The van der Waals surface area contributed by atoms with Crippen LogP contribution in [0.25, 0.3) is 0 Å². The largest absolute Gasteiger partial charge is 0.368 e. The Hall–Kier alpha value is -5.43. The molecule has 0 bridgehead atoms. The highest BCUT2D eigenvalue weighted by atomic mass is 32.1. The number of carbonyl (C=O) groups excluding carboxylic acids is 8. The van der Waals surface area contributed by atoms with Gasteiger partial charge in [-0.25, -0.2) is 4.98 Å². The van der Waals surface area contributed by atoms with Crippen LogP contribution in [0.5, 0.6) is 0 Å². The van der Waals surface area contributed by atoms with Crippen molar-refractivity contribution in [3.05, 3.63) is 51.0 Å². The fourth-order valence-corrected chi connectivity index (χ4v) is 13.3. The van der Waals surface area contributed by atoms with Crippen LogP contribution >= 0.6 is 11.3 Å². The van der Waals surface area contributed by atoms with Gasteiger partial charge >= 0.3 is 0 Å². The van der Waals surface area contributed by atoms with Crippen LogP contribution in [0.2, 0.25) is 0 Å². The van der Waals surface area contributed by atoms with Gasteiger partial charge in [0.15, 0.2) is 0 Å². The minimum atomic E-state index is -0.935. The Morgan fingerprint density at radius 3 is 1.67 bits per heavy atom. The molecule has 0 aliphatic carbocycles. The lowest BCUT2D eigenvalue weighted by atomic mass is 9.94. The molecule has 7 atom stereocenters. The van der Waals surface area contributed by atoms with E-state index in [1.54, 1.807) is 21.1 Å². The van der Waals surface area contributed by atoms with E-state index in [0.717, 1.165) is 22.9 Å². The number of fused-ring (bicyclic) bond motifs is 1. The van der Waals surface area contributed by atoms with Crippen LogP contribution in [0, 0.1) is 17.8 Å². The number of thiazole rings is 1. The minimum Gasteiger partial charge on any atom is -0.368 e. The Morgan fingerprint density at radius 1 is 0.644 bits per heavy atom. The van der Waals surface area contributed by atoms with E-state index < -0.39 is 54.0 Å². The number of aromatic nitrogens is 1. The summed E-state index contributed by atoms with van der Waals surface area (Å²) in [5.74, 6) is -2.87. The molecular weight excluding hydrogens is 949 g/mol. The number of nitrogens with zero attached hydrogens (tertiary/aromatic N) is 6. The normalized spacial score (nSPS) is 24.3. The average Bonchev–Trinajstić information content (AvgIpc) is 4.24. The van der Waals surface area contributed by atoms with E-state index in [2.05, 4.69) is 54.1 Å². The van der Waals surface area contributed by atoms with Gasteiger partial charge < -0.3 is 46.2 Å². The first kappa shape index (κ1) is 53.8. The van der Waals surface area contributed by atoms with Crippen LogP contribution in [0.4, 0.5) is 0 Å². The van der Waals surface area contributed by atoms with E-state index >= 15 is 0 Å². The quantitative estimate of drug-likeness (QED) is 0.189. The maximum atomic E-state index is 14.6. The molecule has 19 heteroatoms. The number of primary amides is 1. The molecule has 5 saturated heterocycles. The third-order valence-electron chi connectivity index (χ3n) is 15.9. The summed E-state index contributed by atoms with van der Waals surface area (Å²) in [6.45, 7) is 15.0. The van der Waals surface area contributed by atoms with Crippen LogP contribution in [-0.2, 0) is 46.5 Å². The van der Waals surface area contributed by atoms with Gasteiger partial charge in [0.25, 0.3) is 5.91 Å². The molecule has 0 spiro atoms. The molecule has 5 N–H and O–H groups in total. The molecule has 8 rings (SSSR count). The van der Waals surface area contributed by atoms with Crippen molar-refractivity contribution in [1.29, 1.82) is 0 Å². The van der Waals surface area contributed by atoms with Crippen molar-refractivity contribution in [1.82, 2.24) is 45.4 Å². The fourth-order valence-electron chi connectivity index (χ4n) is 12.1. The van der Waals surface area contributed by atoms with Crippen LogP contribution in [0.15, 0.2) is 24.3 Å². The number of hydrogen-bond donors (Lipinski definition) is 4. The van der Waals surface area contributed by atoms with Gasteiger partial charge in [0.2, 0.25) is 41.4 Å². The van der Waals surface area contributed by atoms with E-state index in [4.69, 9.17) is 10.7 Å². The molecule has 0 unspecified atom stereocenters. The number of likely N-dealkylation sites (tertiary alicyclic amines) is 5. The molecule has 1 aromatic carbocycles. The van der Waals surface area contributed by atoms with Gasteiger partial charge in [-0.1, -0.05) is 65.8 Å². The Morgan fingerprint density at radius 2 is 1.14 bits per heavy atom. The molecule has 6 aliphatic heterocycles. The number of benzene rings is 1. The Labute approximate surface area is 434 Å². The second-order valence-corrected chi connectivity index (χ2v) is 23.5. The van der Waals surface area contributed by atoms with E-state index in [-0.39, 0.29) is 59.2 Å². The van der Waals surface area contributed by atoms with Crippen LogP contribution in [-0.4, -0.2) is 152 Å². The third kappa shape index (κ3) is 11.9. The molecule has 0 saturated carbocycles. The molecule has 7 heterocycles. The highest BCUT2D eigenvalue weighted by molar-refractivity contribution is 7.12. The van der Waals surface area contributed by atoms with Crippen LogP contribution in [0.1, 0.15) is 162 Å². The summed E-state index contributed by atoms with van der Waals surface area (Å²) in [6.07, 6.45) is 6.58. The monoisotopic (exact) mass is 1030 g/mol. The number of piperidine rings is 1. The number of hydrogen-bond acceptors (Lipinski definition) is 11. The SMILES string of the molecule is CC(C)C[C@H](NC(=O)[C@@H]1CCCN1C(=O)[C@@H]1CCCN1C(=O)[C@H](CC(C)C)NC(=O)[C@@H]1CCCN1C(=O)C1CCN(C(=O)c2nc([C@@H]3Cc4ccccc4CN3)sc2C(C)C)CC1)C(=O)N1CCC[C@H]1C(N)=O. The Balaban J connectivity index is 0.873. The van der Waals surface area contributed by atoms with Crippen molar-refractivity contribution in [2.24, 2.45) is 23.5 Å². The molecule has 18 nitrogen and oxygen atoms in total. The molecule has 8 amide bonds. The zero-order chi connectivity index (χ0) is 52.2. The van der Waals surface area contributed by atoms with Crippen molar-refractivity contribution in [2.45, 2.75) is 180 Å². The van der Waals surface area contributed by atoms with E-state index in [9.17, 15) is 38.4 Å². The maximum Gasteiger partial charge on any atom is 0.273 e. The number of carbonyl (C=O) groups is 8. The predicted octanol–water partition coefficient (Wildman–Crippen LogP) is 4.02. The number of nitrogens with two attached hydrogens (primary N) is 1. The van der Waals surface area contributed by atoms with Crippen LogP contribution < -0.4 is 21.7 Å². The number of rotatable bonds is 16. The van der Waals surface area contributed by atoms with Gasteiger partial charge in [0.05, 0.1) is 6.04 Å². The van der Waals surface area contributed by atoms with Gasteiger partial charge in [-0.2, -0.15) is 0 Å². The summed E-state index contributed by atoms with van der Waals surface area (Å²) >= 11 is 1.60. The second kappa shape index (κ2) is 23.4. The first-order valence-corrected chi connectivity index (χ1v) is 27.9. The highest BCUT2D eigenvalue weighted by Gasteiger charge is 2.46. The van der Waals surface area contributed by atoms with E-state index in [0.29, 0.717) is 122 Å². The first-order valence-electron chi connectivity index (χ1n) is 27.1. The van der Waals surface area contributed by atoms with Crippen LogP contribution in [0.3, 0.4) is 0 Å².